The molecule has 1 nitrogen and oxygen atoms in total. The van der Waals surface area contributed by atoms with Crippen molar-refractivity contribution in [2.24, 2.45) is 0 Å². The molecule has 5 aromatic rings. The van der Waals surface area contributed by atoms with Crippen LogP contribution in [0.2, 0.25) is 0 Å². The predicted molar refractivity (Wildman–Crippen MR) is 95.6 cm³/mol. The summed E-state index contributed by atoms with van der Waals surface area (Å²) in [4.78, 5) is 4.52. The second-order valence-electron chi connectivity index (χ2n) is 5.68. The van der Waals surface area contributed by atoms with E-state index in [-0.39, 0.29) is 0 Å². The topological polar surface area (TPSA) is 12.9 Å². The monoisotopic (exact) mass is 277 g/mol. The first-order valence-electron chi connectivity index (χ1n) is 7.50. The van der Waals surface area contributed by atoms with Gasteiger partial charge in [-0.2, -0.15) is 0 Å². The zero-order chi connectivity index (χ0) is 14.5. The molecule has 0 bridgehead atoms. The van der Waals surface area contributed by atoms with Crippen LogP contribution in [0.5, 0.6) is 0 Å². The fourth-order valence-electron chi connectivity index (χ4n) is 3.47. The molecule has 0 aliphatic heterocycles. The van der Waals surface area contributed by atoms with E-state index in [1.54, 1.807) is 0 Å². The number of hydrogen-bond acceptors (Lipinski definition) is 1. The van der Waals surface area contributed by atoms with Crippen molar-refractivity contribution in [2.45, 2.75) is 0 Å². The van der Waals surface area contributed by atoms with Gasteiger partial charge >= 0.3 is 128 Å². The molecular weight excluding hydrogens is 265 g/mol. The Hall–Kier alpha value is -2.74. The number of fused-ring (bicyclic) bond motifs is 7. The Morgan fingerprint density at radius 2 is 1.27 bits per heavy atom. The third-order valence-corrected chi connectivity index (χ3v) is 4.47. The molecule has 0 spiro atoms. The number of hydrogen-bond donors (Lipinski definition) is 0. The average Bonchev–Trinajstić information content (AvgIpc) is 2.60. The standard InChI is InChI=1S/C20H12BN/c1-2-4-16-13(3-1)5-6-14-7-8-15-9-10-18-17(11-12-21-22-18)20(15)19(14)16/h1-12H. The Morgan fingerprint density at radius 3 is 2.14 bits per heavy atom. The molecule has 0 unspecified atom stereocenters. The van der Waals surface area contributed by atoms with E-state index in [0.29, 0.717) is 0 Å². The van der Waals surface area contributed by atoms with Gasteiger partial charge in [-0.15, -0.1) is 0 Å². The van der Waals surface area contributed by atoms with Crippen LogP contribution in [-0.4, -0.2) is 11.9 Å². The Labute approximate surface area is 128 Å². The van der Waals surface area contributed by atoms with E-state index in [1.165, 1.54) is 37.7 Å². The SMILES string of the molecule is b1ccc2c(ccc3ccc4ccc5ccccc5c4c32)n1. The zero-order valence-electron chi connectivity index (χ0n) is 12.0. The molecule has 0 amide bonds. The predicted octanol–water partition coefficient (Wildman–Crippen LogP) is 5.03. The minimum atomic E-state index is 1.05. The van der Waals surface area contributed by atoms with E-state index in [2.05, 4.69) is 71.6 Å². The molecule has 0 atom stereocenters. The summed E-state index contributed by atoms with van der Waals surface area (Å²) in [5.74, 6) is 2.02. The van der Waals surface area contributed by atoms with Gasteiger partial charge in [0.1, 0.15) is 0 Å². The Morgan fingerprint density at radius 1 is 0.591 bits per heavy atom. The molecule has 0 aliphatic rings. The molecule has 22 heavy (non-hydrogen) atoms. The minimum absolute atomic E-state index is 1.05. The molecule has 1 heterocycles. The molecule has 1 aromatic heterocycles. The number of aromatic nitrogens is 1. The zero-order valence-corrected chi connectivity index (χ0v) is 12.0. The van der Waals surface area contributed by atoms with Crippen molar-refractivity contribution in [1.82, 2.24) is 4.89 Å². The van der Waals surface area contributed by atoms with Crippen LogP contribution >= 0.6 is 0 Å². The van der Waals surface area contributed by atoms with E-state index in [9.17, 15) is 0 Å². The Bertz CT molecular complexity index is 1070. The van der Waals surface area contributed by atoms with Gasteiger partial charge in [-0.25, -0.2) is 0 Å². The molecule has 0 fully saturated rings. The maximum absolute atomic E-state index is 4.52. The quantitative estimate of drug-likeness (QED) is 0.362. The number of benzene rings is 4. The molecule has 4 aromatic carbocycles. The summed E-state index contributed by atoms with van der Waals surface area (Å²) in [5.41, 5.74) is 1.05. The molecule has 0 aliphatic carbocycles. The fourth-order valence-corrected chi connectivity index (χ4v) is 3.47. The summed E-state index contributed by atoms with van der Waals surface area (Å²) < 4.78 is 0. The molecular formula is C20H12BN. The van der Waals surface area contributed by atoms with Crippen LogP contribution in [-0.2, 0) is 0 Å². The van der Waals surface area contributed by atoms with Gasteiger partial charge in [0.15, 0.2) is 0 Å². The van der Waals surface area contributed by atoms with Crippen LogP contribution in [0.4, 0.5) is 0 Å². The average molecular weight is 277 g/mol. The summed E-state index contributed by atoms with van der Waals surface area (Å²) in [6.45, 7) is 0. The molecule has 2 heteroatoms. The van der Waals surface area contributed by atoms with Gasteiger partial charge in [0.2, 0.25) is 0 Å². The van der Waals surface area contributed by atoms with Crippen LogP contribution in [0.1, 0.15) is 0 Å². The second-order valence-corrected chi connectivity index (χ2v) is 5.68. The summed E-state index contributed by atoms with van der Waals surface area (Å²) in [7, 11) is 1.86. The second kappa shape index (κ2) is 4.38. The maximum atomic E-state index is 4.52. The van der Waals surface area contributed by atoms with E-state index >= 15 is 0 Å². The van der Waals surface area contributed by atoms with Crippen LogP contribution < -0.4 is 0 Å². The van der Waals surface area contributed by atoms with E-state index in [0.717, 1.165) is 5.52 Å². The first kappa shape index (κ1) is 11.9. The van der Waals surface area contributed by atoms with Crippen molar-refractivity contribution < 1.29 is 0 Å². The van der Waals surface area contributed by atoms with Gasteiger partial charge in [-0.05, 0) is 0 Å². The van der Waals surface area contributed by atoms with Crippen molar-refractivity contribution >= 4 is 50.3 Å². The number of nitrogens with zero attached hydrogens (tertiary/aromatic N) is 1. The van der Waals surface area contributed by atoms with Gasteiger partial charge in [0, 0.05) is 0 Å². The van der Waals surface area contributed by atoms with Crippen molar-refractivity contribution in [1.29, 1.82) is 0 Å². The first-order chi connectivity index (χ1) is 10.9. The normalized spacial score (nSPS) is 11.5. The summed E-state index contributed by atoms with van der Waals surface area (Å²) >= 11 is 0. The molecule has 0 radical (unpaired) electrons. The third kappa shape index (κ3) is 1.55. The fraction of sp³-hybridized carbons (Fsp3) is 0. The molecule has 0 saturated carbocycles. The summed E-state index contributed by atoms with van der Waals surface area (Å²) in [5, 5.41) is 8.99. The Balaban J connectivity index is 2.19. The molecule has 0 N–H and O–H groups in total. The van der Waals surface area contributed by atoms with Crippen molar-refractivity contribution in [3.8, 4) is 0 Å². The van der Waals surface area contributed by atoms with Crippen LogP contribution in [0.25, 0.3) is 43.2 Å². The number of rotatable bonds is 0. The van der Waals surface area contributed by atoms with Gasteiger partial charge in [0.25, 0.3) is 0 Å². The van der Waals surface area contributed by atoms with Crippen molar-refractivity contribution in [2.75, 3.05) is 0 Å². The first-order valence-corrected chi connectivity index (χ1v) is 7.50. The van der Waals surface area contributed by atoms with Crippen LogP contribution in [0, 0.1) is 0 Å². The molecule has 5 rings (SSSR count). The third-order valence-electron chi connectivity index (χ3n) is 4.47. The van der Waals surface area contributed by atoms with Gasteiger partial charge in [-0.1, -0.05) is 0 Å². The van der Waals surface area contributed by atoms with Gasteiger partial charge < -0.3 is 0 Å². The Kier molecular flexibility index (Phi) is 2.36. The molecule has 0 saturated heterocycles. The van der Waals surface area contributed by atoms with E-state index in [1.807, 2.05) is 13.0 Å². The van der Waals surface area contributed by atoms with Gasteiger partial charge in [-0.3, -0.25) is 0 Å². The summed E-state index contributed by atoms with van der Waals surface area (Å²) in [6.07, 6.45) is 0. The van der Waals surface area contributed by atoms with Gasteiger partial charge in [0.05, 0.1) is 0 Å². The van der Waals surface area contributed by atoms with E-state index < -0.39 is 0 Å². The van der Waals surface area contributed by atoms with Crippen molar-refractivity contribution in [3.05, 3.63) is 72.7 Å². The van der Waals surface area contributed by atoms with Crippen LogP contribution in [0.3, 0.4) is 0 Å². The molecule has 100 valence electrons. The summed E-state index contributed by atoms with van der Waals surface area (Å²) in [6, 6.07) is 23.9. The van der Waals surface area contributed by atoms with E-state index in [4.69, 9.17) is 0 Å². The van der Waals surface area contributed by atoms with Crippen LogP contribution in [0.15, 0.2) is 72.7 Å². The van der Waals surface area contributed by atoms with Crippen molar-refractivity contribution in [3.63, 3.8) is 0 Å².